The average Bonchev–Trinajstić information content (AvgIpc) is 2.37. The molecule has 0 aromatic heterocycles. The maximum Gasteiger partial charge on any atom is 0.335 e. The Labute approximate surface area is 117 Å². The monoisotopic (exact) mass is 289 g/mol. The van der Waals surface area contributed by atoms with Crippen LogP contribution in [0.4, 0.5) is 5.69 Å². The van der Waals surface area contributed by atoms with Gasteiger partial charge >= 0.3 is 5.97 Å². The third kappa shape index (κ3) is 3.79. The summed E-state index contributed by atoms with van der Waals surface area (Å²) in [5, 5.41) is 9.04. The Kier molecular flexibility index (Phi) is 6.30. The third-order valence-electron chi connectivity index (χ3n) is 2.76. The molecule has 0 spiro atoms. The number of hydrogen-bond acceptors (Lipinski definition) is 2. The zero-order valence-corrected chi connectivity index (χ0v) is 11.8. The molecule has 1 aromatic rings. The normalized spacial score (nSPS) is 10.4. The molecular formula is C13H17Cl2NO2. The summed E-state index contributed by atoms with van der Waals surface area (Å²) in [6.07, 6.45) is 0.844. The second kappa shape index (κ2) is 7.49. The number of alkyl halides is 2. The van der Waals surface area contributed by atoms with Crippen molar-refractivity contribution in [2.24, 2.45) is 0 Å². The molecule has 3 nitrogen and oxygen atoms in total. The SMILES string of the molecule is CCc1ccc(C(=O)O)cc1N(CCCl)CCCl. The van der Waals surface area contributed by atoms with E-state index in [1.54, 1.807) is 12.1 Å². The van der Waals surface area contributed by atoms with Crippen LogP contribution in [0, 0.1) is 0 Å². The van der Waals surface area contributed by atoms with E-state index in [-0.39, 0.29) is 5.56 Å². The second-order valence-electron chi connectivity index (χ2n) is 3.87. The van der Waals surface area contributed by atoms with E-state index in [0.29, 0.717) is 24.8 Å². The van der Waals surface area contributed by atoms with Gasteiger partial charge in [-0.3, -0.25) is 0 Å². The lowest BCUT2D eigenvalue weighted by atomic mass is 10.1. The molecule has 5 heteroatoms. The fourth-order valence-corrected chi connectivity index (χ4v) is 2.26. The number of aryl methyl sites for hydroxylation is 1. The minimum absolute atomic E-state index is 0.288. The Balaban J connectivity index is 3.14. The molecule has 0 aliphatic carbocycles. The van der Waals surface area contributed by atoms with Crippen molar-refractivity contribution in [1.82, 2.24) is 0 Å². The van der Waals surface area contributed by atoms with Gasteiger partial charge in [-0.2, -0.15) is 0 Å². The van der Waals surface area contributed by atoms with E-state index in [1.165, 1.54) is 0 Å². The quantitative estimate of drug-likeness (QED) is 0.784. The van der Waals surface area contributed by atoms with E-state index >= 15 is 0 Å². The van der Waals surface area contributed by atoms with Crippen molar-refractivity contribution in [3.63, 3.8) is 0 Å². The van der Waals surface area contributed by atoms with Crippen LogP contribution in [0.1, 0.15) is 22.8 Å². The van der Waals surface area contributed by atoms with E-state index in [0.717, 1.165) is 17.7 Å². The Morgan fingerprint density at radius 1 is 1.28 bits per heavy atom. The van der Waals surface area contributed by atoms with Crippen LogP contribution in [0.25, 0.3) is 0 Å². The number of anilines is 1. The molecule has 0 bridgehead atoms. The molecule has 0 unspecified atom stereocenters. The van der Waals surface area contributed by atoms with Crippen molar-refractivity contribution < 1.29 is 9.90 Å². The van der Waals surface area contributed by atoms with Crippen molar-refractivity contribution in [3.8, 4) is 0 Å². The van der Waals surface area contributed by atoms with Gasteiger partial charge in [0, 0.05) is 30.5 Å². The smallest absolute Gasteiger partial charge is 0.335 e. The standard InChI is InChI=1S/C13H17Cl2NO2/c1-2-10-3-4-11(13(17)18)9-12(10)16(7-5-14)8-6-15/h3-4,9H,2,5-8H2,1H3,(H,17,18). The van der Waals surface area contributed by atoms with Crippen LogP contribution in [0.15, 0.2) is 18.2 Å². The van der Waals surface area contributed by atoms with E-state index in [1.807, 2.05) is 17.9 Å². The molecule has 1 aromatic carbocycles. The maximum absolute atomic E-state index is 11.0. The number of carboxylic acids is 1. The van der Waals surface area contributed by atoms with E-state index in [4.69, 9.17) is 28.3 Å². The molecule has 0 saturated heterocycles. The number of benzene rings is 1. The predicted molar refractivity (Wildman–Crippen MR) is 76.4 cm³/mol. The largest absolute Gasteiger partial charge is 0.478 e. The molecule has 1 N–H and O–H groups in total. The second-order valence-corrected chi connectivity index (χ2v) is 4.62. The molecule has 0 heterocycles. The minimum atomic E-state index is -0.921. The summed E-state index contributed by atoms with van der Waals surface area (Å²) in [6, 6.07) is 5.18. The van der Waals surface area contributed by atoms with Crippen LogP contribution in [0.2, 0.25) is 0 Å². The van der Waals surface area contributed by atoms with Gasteiger partial charge in [-0.1, -0.05) is 13.0 Å². The van der Waals surface area contributed by atoms with Gasteiger partial charge < -0.3 is 10.0 Å². The van der Waals surface area contributed by atoms with Crippen molar-refractivity contribution >= 4 is 34.9 Å². The highest BCUT2D eigenvalue weighted by Crippen LogP contribution is 2.23. The Morgan fingerprint density at radius 2 is 1.89 bits per heavy atom. The number of rotatable bonds is 7. The lowest BCUT2D eigenvalue weighted by Crippen LogP contribution is -2.28. The van der Waals surface area contributed by atoms with E-state index < -0.39 is 5.97 Å². The summed E-state index contributed by atoms with van der Waals surface area (Å²) < 4.78 is 0. The van der Waals surface area contributed by atoms with Gasteiger partial charge in [0.1, 0.15) is 0 Å². The first-order valence-corrected chi connectivity index (χ1v) is 6.94. The number of carbonyl (C=O) groups is 1. The van der Waals surface area contributed by atoms with Crippen molar-refractivity contribution in [3.05, 3.63) is 29.3 Å². The first kappa shape index (κ1) is 15.1. The van der Waals surface area contributed by atoms with Crippen LogP contribution >= 0.6 is 23.2 Å². The molecule has 0 radical (unpaired) electrons. The highest BCUT2D eigenvalue weighted by Gasteiger charge is 2.13. The van der Waals surface area contributed by atoms with Crippen molar-refractivity contribution in [2.75, 3.05) is 29.7 Å². The van der Waals surface area contributed by atoms with Crippen molar-refractivity contribution in [2.45, 2.75) is 13.3 Å². The third-order valence-corrected chi connectivity index (χ3v) is 3.10. The molecule has 1 rings (SSSR count). The summed E-state index contributed by atoms with van der Waals surface area (Å²) in [6.45, 7) is 3.35. The van der Waals surface area contributed by atoms with Crippen molar-refractivity contribution in [1.29, 1.82) is 0 Å². The molecule has 100 valence electrons. The molecule has 0 amide bonds. The molecule has 0 aliphatic rings. The minimum Gasteiger partial charge on any atom is -0.478 e. The van der Waals surface area contributed by atoms with Gasteiger partial charge in [0.2, 0.25) is 0 Å². The van der Waals surface area contributed by atoms with Gasteiger partial charge in [0.25, 0.3) is 0 Å². The molecule has 18 heavy (non-hydrogen) atoms. The molecule has 0 saturated carbocycles. The fourth-order valence-electron chi connectivity index (χ4n) is 1.85. The molecular weight excluding hydrogens is 273 g/mol. The summed E-state index contributed by atoms with van der Waals surface area (Å²) in [7, 11) is 0. The molecule has 0 aliphatic heterocycles. The van der Waals surface area contributed by atoms with Gasteiger partial charge in [-0.05, 0) is 24.1 Å². The maximum atomic E-state index is 11.0. The van der Waals surface area contributed by atoms with Gasteiger partial charge in [0.15, 0.2) is 0 Å². The summed E-state index contributed by atoms with van der Waals surface area (Å²) in [4.78, 5) is 13.1. The number of halogens is 2. The van der Waals surface area contributed by atoms with Crippen LogP contribution < -0.4 is 4.90 Å². The first-order chi connectivity index (χ1) is 8.63. The molecule has 0 fully saturated rings. The topological polar surface area (TPSA) is 40.5 Å². The Morgan fingerprint density at radius 3 is 2.33 bits per heavy atom. The number of nitrogens with zero attached hydrogens (tertiary/aromatic N) is 1. The predicted octanol–water partition coefficient (Wildman–Crippen LogP) is 3.23. The average molecular weight is 290 g/mol. The van der Waals surface area contributed by atoms with Gasteiger partial charge in [-0.15, -0.1) is 23.2 Å². The van der Waals surface area contributed by atoms with Crippen LogP contribution in [-0.4, -0.2) is 35.9 Å². The summed E-state index contributed by atoms with van der Waals surface area (Å²) in [5.41, 5.74) is 2.31. The number of hydrogen-bond donors (Lipinski definition) is 1. The highest BCUT2D eigenvalue weighted by atomic mass is 35.5. The Hall–Kier alpha value is -0.930. The summed E-state index contributed by atoms with van der Waals surface area (Å²) in [5.74, 6) is 0.0462. The van der Waals surface area contributed by atoms with Gasteiger partial charge in [-0.25, -0.2) is 4.79 Å². The molecule has 0 atom stereocenters. The zero-order valence-electron chi connectivity index (χ0n) is 10.3. The van der Waals surface area contributed by atoms with Crippen LogP contribution in [0.5, 0.6) is 0 Å². The number of carboxylic acid groups (broad SMARTS) is 1. The lowest BCUT2D eigenvalue weighted by molar-refractivity contribution is 0.0697. The first-order valence-electron chi connectivity index (χ1n) is 5.87. The van der Waals surface area contributed by atoms with E-state index in [2.05, 4.69) is 0 Å². The van der Waals surface area contributed by atoms with Gasteiger partial charge in [0.05, 0.1) is 5.56 Å². The lowest BCUT2D eigenvalue weighted by Gasteiger charge is -2.25. The summed E-state index contributed by atoms with van der Waals surface area (Å²) >= 11 is 11.6. The fraction of sp³-hybridized carbons (Fsp3) is 0.462. The van der Waals surface area contributed by atoms with Crippen LogP contribution in [0.3, 0.4) is 0 Å². The number of aromatic carboxylic acids is 1. The van der Waals surface area contributed by atoms with Crippen LogP contribution in [-0.2, 0) is 6.42 Å². The van der Waals surface area contributed by atoms with E-state index in [9.17, 15) is 4.79 Å². The zero-order chi connectivity index (χ0) is 13.5. The Bertz CT molecular complexity index is 404. The highest BCUT2D eigenvalue weighted by molar-refractivity contribution is 6.18.